The number of methoxy groups -OCH3 is 1. The van der Waals surface area contributed by atoms with Crippen molar-refractivity contribution in [1.82, 2.24) is 4.90 Å². The maximum absolute atomic E-state index is 12.8. The molecule has 3 rings (SSSR count). The number of rotatable bonds is 5. The SMILES string of the molecule is COCc1c(C(=O)N(C)Cc2ccc(Br)cc2)oc2ccccc12. The molecule has 124 valence electrons. The number of amides is 1. The number of carbonyl (C=O) groups is 1. The molecule has 1 aromatic heterocycles. The van der Waals surface area contributed by atoms with E-state index in [0.29, 0.717) is 24.5 Å². The summed E-state index contributed by atoms with van der Waals surface area (Å²) in [4.78, 5) is 14.5. The standard InChI is InChI=1S/C19H18BrNO3/c1-21(11-13-7-9-14(20)10-8-13)19(22)18-16(12-23-2)15-5-3-4-6-17(15)24-18/h3-10H,11-12H2,1-2H3. The second-order valence-electron chi connectivity index (χ2n) is 5.63. The van der Waals surface area contributed by atoms with Crippen LogP contribution in [0.15, 0.2) is 57.4 Å². The lowest BCUT2D eigenvalue weighted by Crippen LogP contribution is -2.26. The summed E-state index contributed by atoms with van der Waals surface area (Å²) in [7, 11) is 3.38. The largest absolute Gasteiger partial charge is 0.451 e. The smallest absolute Gasteiger partial charge is 0.290 e. The van der Waals surface area contributed by atoms with Gasteiger partial charge in [0.15, 0.2) is 5.76 Å². The van der Waals surface area contributed by atoms with Crippen molar-refractivity contribution < 1.29 is 13.9 Å². The number of ether oxygens (including phenoxy) is 1. The number of benzene rings is 2. The Morgan fingerprint density at radius 3 is 2.58 bits per heavy atom. The lowest BCUT2D eigenvalue weighted by molar-refractivity contribution is 0.0749. The van der Waals surface area contributed by atoms with E-state index in [9.17, 15) is 4.79 Å². The minimum absolute atomic E-state index is 0.152. The molecule has 0 aliphatic rings. The summed E-state index contributed by atoms with van der Waals surface area (Å²) >= 11 is 3.41. The Balaban J connectivity index is 1.89. The molecule has 0 aliphatic heterocycles. The molecule has 0 fully saturated rings. The zero-order valence-corrected chi connectivity index (χ0v) is 15.2. The Morgan fingerprint density at radius 1 is 1.17 bits per heavy atom. The highest BCUT2D eigenvalue weighted by Gasteiger charge is 2.23. The van der Waals surface area contributed by atoms with Crippen molar-refractivity contribution in [2.75, 3.05) is 14.2 Å². The molecule has 0 bridgehead atoms. The number of halogens is 1. The van der Waals surface area contributed by atoms with Crippen LogP contribution in [0.3, 0.4) is 0 Å². The molecule has 0 saturated heterocycles. The number of para-hydroxylation sites is 1. The van der Waals surface area contributed by atoms with E-state index in [0.717, 1.165) is 21.0 Å². The maximum Gasteiger partial charge on any atom is 0.290 e. The van der Waals surface area contributed by atoms with E-state index < -0.39 is 0 Å². The average Bonchev–Trinajstić information content (AvgIpc) is 2.95. The summed E-state index contributed by atoms with van der Waals surface area (Å²) in [6.45, 7) is 0.847. The van der Waals surface area contributed by atoms with Crippen LogP contribution < -0.4 is 0 Å². The number of hydrogen-bond acceptors (Lipinski definition) is 3. The zero-order chi connectivity index (χ0) is 17.1. The van der Waals surface area contributed by atoms with Crippen LogP contribution in [0.2, 0.25) is 0 Å². The summed E-state index contributed by atoms with van der Waals surface area (Å²) in [6, 6.07) is 15.5. The Bertz CT molecular complexity index is 855. The molecule has 4 nitrogen and oxygen atoms in total. The van der Waals surface area contributed by atoms with Crippen LogP contribution in [0.4, 0.5) is 0 Å². The van der Waals surface area contributed by atoms with E-state index in [1.54, 1.807) is 19.1 Å². The molecule has 2 aromatic carbocycles. The van der Waals surface area contributed by atoms with E-state index in [4.69, 9.17) is 9.15 Å². The quantitative estimate of drug-likeness (QED) is 0.641. The first-order chi connectivity index (χ1) is 11.6. The van der Waals surface area contributed by atoms with Gasteiger partial charge >= 0.3 is 0 Å². The third-order valence-electron chi connectivity index (χ3n) is 3.86. The Labute approximate surface area is 149 Å². The highest BCUT2D eigenvalue weighted by molar-refractivity contribution is 9.10. The van der Waals surface area contributed by atoms with Crippen molar-refractivity contribution in [1.29, 1.82) is 0 Å². The lowest BCUT2D eigenvalue weighted by Gasteiger charge is -2.16. The van der Waals surface area contributed by atoms with Gasteiger partial charge in [0.25, 0.3) is 5.91 Å². The van der Waals surface area contributed by atoms with Crippen molar-refractivity contribution in [3.63, 3.8) is 0 Å². The van der Waals surface area contributed by atoms with Gasteiger partial charge in [-0.05, 0) is 23.8 Å². The molecule has 24 heavy (non-hydrogen) atoms. The van der Waals surface area contributed by atoms with Gasteiger partial charge in [0.05, 0.1) is 6.61 Å². The van der Waals surface area contributed by atoms with E-state index in [2.05, 4.69) is 15.9 Å². The molecule has 1 amide bonds. The topological polar surface area (TPSA) is 42.7 Å². The minimum atomic E-state index is -0.152. The first-order valence-corrected chi connectivity index (χ1v) is 8.38. The van der Waals surface area contributed by atoms with Gasteiger partial charge in [-0.1, -0.05) is 46.3 Å². The van der Waals surface area contributed by atoms with Crippen molar-refractivity contribution in [2.24, 2.45) is 0 Å². The second kappa shape index (κ2) is 7.20. The van der Waals surface area contributed by atoms with Crippen LogP contribution >= 0.6 is 15.9 Å². The van der Waals surface area contributed by atoms with Crippen molar-refractivity contribution in [2.45, 2.75) is 13.2 Å². The fourth-order valence-corrected chi connectivity index (χ4v) is 2.93. The van der Waals surface area contributed by atoms with Gasteiger partial charge in [-0.25, -0.2) is 0 Å². The first kappa shape index (κ1) is 16.7. The molecule has 0 atom stereocenters. The van der Waals surface area contributed by atoms with E-state index in [1.165, 1.54) is 0 Å². The normalized spacial score (nSPS) is 11.0. The summed E-state index contributed by atoms with van der Waals surface area (Å²) < 4.78 is 12.1. The Morgan fingerprint density at radius 2 is 1.88 bits per heavy atom. The summed E-state index contributed by atoms with van der Waals surface area (Å²) in [5, 5.41) is 0.916. The van der Waals surface area contributed by atoms with Crippen LogP contribution in [-0.4, -0.2) is 25.0 Å². The van der Waals surface area contributed by atoms with Crippen molar-refractivity contribution in [3.05, 3.63) is 69.9 Å². The lowest BCUT2D eigenvalue weighted by atomic mass is 10.1. The average molecular weight is 388 g/mol. The highest BCUT2D eigenvalue weighted by Crippen LogP contribution is 2.27. The van der Waals surface area contributed by atoms with Gasteiger partial charge in [-0.2, -0.15) is 0 Å². The molecule has 0 N–H and O–H groups in total. The van der Waals surface area contributed by atoms with Crippen LogP contribution in [0.1, 0.15) is 21.7 Å². The summed E-state index contributed by atoms with van der Waals surface area (Å²) in [5.74, 6) is 0.193. The van der Waals surface area contributed by atoms with Gasteiger partial charge in [0.2, 0.25) is 0 Å². The van der Waals surface area contributed by atoms with Gasteiger partial charge in [0, 0.05) is 36.1 Å². The monoisotopic (exact) mass is 387 g/mol. The van der Waals surface area contributed by atoms with Crippen LogP contribution in [-0.2, 0) is 17.9 Å². The molecular weight excluding hydrogens is 370 g/mol. The third kappa shape index (κ3) is 3.37. The molecule has 0 saturated carbocycles. The van der Waals surface area contributed by atoms with Gasteiger partial charge in [-0.15, -0.1) is 0 Å². The molecule has 0 spiro atoms. The Hall–Kier alpha value is -2.11. The van der Waals surface area contributed by atoms with Crippen molar-refractivity contribution in [3.8, 4) is 0 Å². The summed E-state index contributed by atoms with van der Waals surface area (Å²) in [6.07, 6.45) is 0. The number of fused-ring (bicyclic) bond motifs is 1. The minimum Gasteiger partial charge on any atom is -0.451 e. The number of furan rings is 1. The van der Waals surface area contributed by atoms with Gasteiger partial charge < -0.3 is 14.1 Å². The molecule has 0 unspecified atom stereocenters. The number of hydrogen-bond donors (Lipinski definition) is 0. The highest BCUT2D eigenvalue weighted by atomic mass is 79.9. The first-order valence-electron chi connectivity index (χ1n) is 7.59. The summed E-state index contributed by atoms with van der Waals surface area (Å²) in [5.41, 5.74) is 2.55. The van der Waals surface area contributed by atoms with Gasteiger partial charge in [0.1, 0.15) is 5.58 Å². The number of carbonyl (C=O) groups excluding carboxylic acids is 1. The predicted molar refractivity (Wildman–Crippen MR) is 96.9 cm³/mol. The van der Waals surface area contributed by atoms with Crippen molar-refractivity contribution >= 4 is 32.8 Å². The third-order valence-corrected chi connectivity index (χ3v) is 4.39. The fourth-order valence-electron chi connectivity index (χ4n) is 2.67. The van der Waals surface area contributed by atoms with Crippen LogP contribution in [0, 0.1) is 0 Å². The number of nitrogens with zero attached hydrogens (tertiary/aromatic N) is 1. The van der Waals surface area contributed by atoms with E-state index in [-0.39, 0.29) is 5.91 Å². The van der Waals surface area contributed by atoms with Gasteiger partial charge in [-0.3, -0.25) is 4.79 Å². The molecular formula is C19H18BrNO3. The van der Waals surface area contributed by atoms with E-state index in [1.807, 2.05) is 48.5 Å². The maximum atomic E-state index is 12.8. The second-order valence-corrected chi connectivity index (χ2v) is 6.54. The fraction of sp³-hybridized carbons (Fsp3) is 0.211. The molecule has 3 aromatic rings. The zero-order valence-electron chi connectivity index (χ0n) is 13.6. The Kier molecular flexibility index (Phi) is 5.02. The molecule has 0 aliphatic carbocycles. The van der Waals surface area contributed by atoms with E-state index >= 15 is 0 Å². The predicted octanol–water partition coefficient (Wildman–Crippen LogP) is 4.61. The van der Waals surface area contributed by atoms with Crippen LogP contribution in [0.5, 0.6) is 0 Å². The molecule has 1 heterocycles. The molecule has 0 radical (unpaired) electrons. The molecule has 5 heteroatoms. The van der Waals surface area contributed by atoms with Crippen LogP contribution in [0.25, 0.3) is 11.0 Å².